The molecule has 0 bridgehead atoms. The predicted molar refractivity (Wildman–Crippen MR) is 83.3 cm³/mol. The predicted octanol–water partition coefficient (Wildman–Crippen LogP) is 3.20. The van der Waals surface area contributed by atoms with Gasteiger partial charge in [0.1, 0.15) is 6.04 Å². The largest absolute Gasteiger partial charge is 0.464 e. The standard InChI is InChI=1S/C18H19NO2/c20-18(17-13-15-10-4-5-11-16(15)19-17)21-12-6-9-14-7-2-1-3-8-14/h1-5,7-8,10-11,17,19H,6,9,12-13H2/t17-/m0/s1. The van der Waals surface area contributed by atoms with Gasteiger partial charge in [-0.05, 0) is 30.0 Å². The first-order valence-electron chi connectivity index (χ1n) is 7.38. The maximum absolute atomic E-state index is 12.0. The Morgan fingerprint density at radius 3 is 2.67 bits per heavy atom. The van der Waals surface area contributed by atoms with Crippen LogP contribution in [0.1, 0.15) is 17.5 Å². The van der Waals surface area contributed by atoms with E-state index in [1.54, 1.807) is 0 Å². The summed E-state index contributed by atoms with van der Waals surface area (Å²) in [5, 5.41) is 3.22. The number of fused-ring (bicyclic) bond motifs is 1. The van der Waals surface area contributed by atoms with Crippen LogP contribution in [0.5, 0.6) is 0 Å². The molecule has 3 heteroatoms. The van der Waals surface area contributed by atoms with Crippen molar-refractivity contribution in [3.63, 3.8) is 0 Å². The van der Waals surface area contributed by atoms with E-state index in [1.165, 1.54) is 11.1 Å². The molecule has 0 unspecified atom stereocenters. The Hall–Kier alpha value is -2.29. The van der Waals surface area contributed by atoms with Gasteiger partial charge in [-0.2, -0.15) is 0 Å². The molecule has 3 nitrogen and oxygen atoms in total. The van der Waals surface area contributed by atoms with E-state index in [1.807, 2.05) is 42.5 Å². The third-order valence-corrected chi connectivity index (χ3v) is 3.75. The first kappa shape index (κ1) is 13.7. The van der Waals surface area contributed by atoms with Gasteiger partial charge < -0.3 is 10.1 Å². The van der Waals surface area contributed by atoms with Crippen molar-refractivity contribution in [1.29, 1.82) is 0 Å². The topological polar surface area (TPSA) is 38.3 Å². The van der Waals surface area contributed by atoms with Gasteiger partial charge in [-0.1, -0.05) is 48.5 Å². The highest BCUT2D eigenvalue weighted by Crippen LogP contribution is 2.25. The SMILES string of the molecule is O=C(OCCCc1ccccc1)[C@@H]1Cc2ccccc2N1. The number of hydrogen-bond acceptors (Lipinski definition) is 3. The Kier molecular flexibility index (Phi) is 4.20. The Labute approximate surface area is 124 Å². The van der Waals surface area contributed by atoms with Crippen LogP contribution in [0.3, 0.4) is 0 Å². The minimum absolute atomic E-state index is 0.153. The summed E-state index contributed by atoms with van der Waals surface area (Å²) in [4.78, 5) is 12.0. The second kappa shape index (κ2) is 6.44. The van der Waals surface area contributed by atoms with Crippen molar-refractivity contribution in [3.05, 3.63) is 65.7 Å². The number of rotatable bonds is 5. The minimum atomic E-state index is -0.237. The van der Waals surface area contributed by atoms with Crippen molar-refractivity contribution in [2.75, 3.05) is 11.9 Å². The van der Waals surface area contributed by atoms with Crippen LogP contribution < -0.4 is 5.32 Å². The number of ether oxygens (including phenoxy) is 1. The summed E-state index contributed by atoms with van der Waals surface area (Å²) in [6.07, 6.45) is 2.51. The first-order valence-corrected chi connectivity index (χ1v) is 7.38. The van der Waals surface area contributed by atoms with Gasteiger partial charge in [0.15, 0.2) is 0 Å². The molecule has 21 heavy (non-hydrogen) atoms. The normalized spacial score (nSPS) is 16.1. The van der Waals surface area contributed by atoms with E-state index in [4.69, 9.17) is 4.74 Å². The van der Waals surface area contributed by atoms with E-state index in [2.05, 4.69) is 17.4 Å². The highest BCUT2D eigenvalue weighted by molar-refractivity contribution is 5.82. The maximum atomic E-state index is 12.0. The van der Waals surface area contributed by atoms with Gasteiger partial charge in [-0.25, -0.2) is 4.79 Å². The van der Waals surface area contributed by atoms with Crippen LogP contribution in [0, 0.1) is 0 Å². The molecule has 1 aliphatic heterocycles. The number of carbonyl (C=O) groups excluding carboxylic acids is 1. The van der Waals surface area contributed by atoms with Crippen molar-refractivity contribution in [2.24, 2.45) is 0 Å². The summed E-state index contributed by atoms with van der Waals surface area (Å²) in [6.45, 7) is 0.474. The van der Waals surface area contributed by atoms with E-state index >= 15 is 0 Å². The lowest BCUT2D eigenvalue weighted by atomic mass is 10.1. The van der Waals surface area contributed by atoms with E-state index in [-0.39, 0.29) is 12.0 Å². The Morgan fingerprint density at radius 1 is 1.10 bits per heavy atom. The van der Waals surface area contributed by atoms with Gasteiger partial charge in [-0.3, -0.25) is 0 Å². The number of esters is 1. The third kappa shape index (κ3) is 3.43. The zero-order valence-corrected chi connectivity index (χ0v) is 11.9. The van der Waals surface area contributed by atoms with Gasteiger partial charge in [0.05, 0.1) is 6.61 Å². The quantitative estimate of drug-likeness (QED) is 0.675. The van der Waals surface area contributed by atoms with Gasteiger partial charge in [0.25, 0.3) is 0 Å². The molecule has 0 spiro atoms. The molecule has 1 heterocycles. The van der Waals surface area contributed by atoms with Crippen LogP contribution in [-0.2, 0) is 22.4 Å². The fourth-order valence-electron chi connectivity index (χ4n) is 2.63. The Bertz CT molecular complexity index is 585. The lowest BCUT2D eigenvalue weighted by molar-refractivity contribution is -0.144. The molecule has 0 aromatic heterocycles. The highest BCUT2D eigenvalue weighted by Gasteiger charge is 2.27. The van der Waals surface area contributed by atoms with Crippen molar-refractivity contribution in [3.8, 4) is 0 Å². The van der Waals surface area contributed by atoms with Crippen LogP contribution in [0.25, 0.3) is 0 Å². The summed E-state index contributed by atoms with van der Waals surface area (Å²) in [5.74, 6) is -0.153. The summed E-state index contributed by atoms with van der Waals surface area (Å²) in [5.41, 5.74) is 3.51. The number of carbonyl (C=O) groups is 1. The van der Waals surface area contributed by atoms with E-state index in [0.29, 0.717) is 13.0 Å². The molecule has 2 aromatic carbocycles. The molecule has 1 atom stereocenters. The van der Waals surface area contributed by atoms with Crippen LogP contribution in [0.2, 0.25) is 0 Å². The molecule has 1 aliphatic rings. The molecule has 1 N–H and O–H groups in total. The fraction of sp³-hybridized carbons (Fsp3) is 0.278. The Balaban J connectivity index is 1.42. The average molecular weight is 281 g/mol. The first-order chi connectivity index (χ1) is 10.3. The average Bonchev–Trinajstić information content (AvgIpc) is 2.96. The number of anilines is 1. The van der Waals surface area contributed by atoms with Gasteiger partial charge in [0, 0.05) is 12.1 Å². The molecule has 0 saturated heterocycles. The Morgan fingerprint density at radius 2 is 1.86 bits per heavy atom. The highest BCUT2D eigenvalue weighted by atomic mass is 16.5. The molecule has 3 rings (SSSR count). The monoisotopic (exact) mass is 281 g/mol. The van der Waals surface area contributed by atoms with E-state index < -0.39 is 0 Å². The second-order valence-electron chi connectivity index (χ2n) is 5.31. The van der Waals surface area contributed by atoms with Crippen LogP contribution >= 0.6 is 0 Å². The van der Waals surface area contributed by atoms with E-state index in [0.717, 1.165) is 18.5 Å². The van der Waals surface area contributed by atoms with Crippen LogP contribution in [0.4, 0.5) is 5.69 Å². The molecule has 0 radical (unpaired) electrons. The second-order valence-corrected chi connectivity index (χ2v) is 5.31. The summed E-state index contributed by atoms with van der Waals surface area (Å²) in [6, 6.07) is 18.0. The van der Waals surface area contributed by atoms with Crippen molar-refractivity contribution >= 4 is 11.7 Å². The molecule has 0 amide bonds. The third-order valence-electron chi connectivity index (χ3n) is 3.75. The lowest BCUT2D eigenvalue weighted by Crippen LogP contribution is -2.29. The number of benzene rings is 2. The number of aryl methyl sites for hydroxylation is 1. The molecular formula is C18H19NO2. The van der Waals surface area contributed by atoms with Gasteiger partial charge >= 0.3 is 5.97 Å². The smallest absolute Gasteiger partial charge is 0.328 e. The zero-order valence-electron chi connectivity index (χ0n) is 11.9. The van der Waals surface area contributed by atoms with Crippen LogP contribution in [0.15, 0.2) is 54.6 Å². The summed E-state index contributed by atoms with van der Waals surface area (Å²) in [7, 11) is 0. The minimum Gasteiger partial charge on any atom is -0.464 e. The molecular weight excluding hydrogens is 262 g/mol. The van der Waals surface area contributed by atoms with Gasteiger partial charge in [0.2, 0.25) is 0 Å². The number of para-hydroxylation sites is 1. The fourth-order valence-corrected chi connectivity index (χ4v) is 2.63. The maximum Gasteiger partial charge on any atom is 0.328 e. The summed E-state index contributed by atoms with van der Waals surface area (Å²) >= 11 is 0. The zero-order chi connectivity index (χ0) is 14.5. The molecule has 0 fully saturated rings. The summed E-state index contributed by atoms with van der Waals surface area (Å²) < 4.78 is 5.38. The van der Waals surface area contributed by atoms with Gasteiger partial charge in [-0.15, -0.1) is 0 Å². The molecule has 108 valence electrons. The molecule has 2 aromatic rings. The molecule has 0 aliphatic carbocycles. The number of nitrogens with one attached hydrogen (secondary N) is 1. The van der Waals surface area contributed by atoms with Crippen molar-refractivity contribution in [1.82, 2.24) is 0 Å². The number of hydrogen-bond donors (Lipinski definition) is 1. The van der Waals surface area contributed by atoms with E-state index in [9.17, 15) is 4.79 Å². The van der Waals surface area contributed by atoms with Crippen molar-refractivity contribution in [2.45, 2.75) is 25.3 Å². The van der Waals surface area contributed by atoms with Crippen molar-refractivity contribution < 1.29 is 9.53 Å². The molecule has 0 saturated carbocycles. The lowest BCUT2D eigenvalue weighted by Gasteiger charge is -2.11. The van der Waals surface area contributed by atoms with Crippen LogP contribution in [-0.4, -0.2) is 18.6 Å².